The molecule has 0 spiro atoms. The van der Waals surface area contributed by atoms with Crippen LogP contribution in [0.25, 0.3) is 0 Å². The molecular formula is C15H26N2O3. The molecule has 5 nitrogen and oxygen atoms in total. The molecule has 20 heavy (non-hydrogen) atoms. The second-order valence-electron chi connectivity index (χ2n) is 6.41. The fourth-order valence-electron chi connectivity index (χ4n) is 3.64. The van der Waals surface area contributed by atoms with E-state index in [0.717, 1.165) is 19.3 Å². The Morgan fingerprint density at radius 3 is 2.20 bits per heavy atom. The largest absolute Gasteiger partial charge is 0.391 e. The van der Waals surface area contributed by atoms with Gasteiger partial charge in [0.05, 0.1) is 12.1 Å². The minimum absolute atomic E-state index is 0.0991. The number of likely N-dealkylation sites (tertiary alicyclic amines) is 1. The standard InChI is InChI=1S/C15H26N2O3/c1-9-4-5-10(2)17(9)15(20)12-6-7-13(14(19)8-12)16-11(3)18/h9-10,12-14,19H,4-8H2,1-3H3,(H,16,18)/t9-,10+,12-,13+,14+/m0/s1. The molecule has 1 aliphatic heterocycles. The fourth-order valence-corrected chi connectivity index (χ4v) is 3.64. The lowest BCUT2D eigenvalue weighted by atomic mass is 9.82. The van der Waals surface area contributed by atoms with Gasteiger partial charge in [-0.2, -0.15) is 0 Å². The predicted molar refractivity (Wildman–Crippen MR) is 76.0 cm³/mol. The van der Waals surface area contributed by atoms with E-state index < -0.39 is 6.10 Å². The lowest BCUT2D eigenvalue weighted by Gasteiger charge is -2.36. The van der Waals surface area contributed by atoms with Crippen LogP contribution < -0.4 is 5.32 Å². The minimum Gasteiger partial charge on any atom is -0.391 e. The molecule has 0 bridgehead atoms. The Morgan fingerprint density at radius 1 is 1.10 bits per heavy atom. The zero-order valence-corrected chi connectivity index (χ0v) is 12.6. The van der Waals surface area contributed by atoms with E-state index in [0.29, 0.717) is 24.9 Å². The molecule has 1 saturated carbocycles. The number of nitrogens with zero attached hydrogens (tertiary/aromatic N) is 1. The molecule has 0 aromatic carbocycles. The molecule has 1 heterocycles. The summed E-state index contributed by atoms with van der Waals surface area (Å²) in [5.74, 6) is -0.0403. The zero-order chi connectivity index (χ0) is 14.9. The van der Waals surface area contributed by atoms with Crippen molar-refractivity contribution >= 4 is 11.8 Å². The van der Waals surface area contributed by atoms with Crippen molar-refractivity contribution in [2.75, 3.05) is 0 Å². The van der Waals surface area contributed by atoms with Crippen LogP contribution in [0, 0.1) is 5.92 Å². The van der Waals surface area contributed by atoms with Crippen molar-refractivity contribution in [3.8, 4) is 0 Å². The first-order valence-electron chi connectivity index (χ1n) is 7.67. The first-order chi connectivity index (χ1) is 9.40. The highest BCUT2D eigenvalue weighted by Gasteiger charge is 2.39. The number of aliphatic hydroxyl groups excluding tert-OH is 1. The van der Waals surface area contributed by atoms with Gasteiger partial charge in [0, 0.05) is 24.9 Å². The van der Waals surface area contributed by atoms with E-state index in [1.807, 2.05) is 4.90 Å². The van der Waals surface area contributed by atoms with E-state index in [4.69, 9.17) is 0 Å². The Bertz CT molecular complexity index is 375. The van der Waals surface area contributed by atoms with Gasteiger partial charge in [-0.1, -0.05) is 0 Å². The molecule has 0 radical (unpaired) electrons. The van der Waals surface area contributed by atoms with Gasteiger partial charge in [-0.3, -0.25) is 9.59 Å². The maximum Gasteiger partial charge on any atom is 0.226 e. The number of amides is 2. The number of hydrogen-bond acceptors (Lipinski definition) is 3. The van der Waals surface area contributed by atoms with E-state index in [1.54, 1.807) is 0 Å². The number of carbonyl (C=O) groups excluding carboxylic acids is 2. The molecule has 1 aliphatic carbocycles. The number of rotatable bonds is 2. The molecule has 2 N–H and O–H groups in total. The first-order valence-corrected chi connectivity index (χ1v) is 7.67. The molecule has 1 saturated heterocycles. The smallest absolute Gasteiger partial charge is 0.226 e. The van der Waals surface area contributed by atoms with E-state index >= 15 is 0 Å². The maximum atomic E-state index is 12.6. The summed E-state index contributed by atoms with van der Waals surface area (Å²) in [6.07, 6.45) is 3.40. The summed E-state index contributed by atoms with van der Waals surface area (Å²) in [6.45, 7) is 5.65. The van der Waals surface area contributed by atoms with Gasteiger partial charge in [-0.25, -0.2) is 0 Å². The quantitative estimate of drug-likeness (QED) is 0.795. The molecule has 2 fully saturated rings. The zero-order valence-electron chi connectivity index (χ0n) is 12.6. The van der Waals surface area contributed by atoms with Crippen molar-refractivity contribution in [1.82, 2.24) is 10.2 Å². The third-order valence-corrected chi connectivity index (χ3v) is 4.76. The summed E-state index contributed by atoms with van der Waals surface area (Å²) in [5, 5.41) is 12.9. The van der Waals surface area contributed by atoms with Crippen LogP contribution in [0.15, 0.2) is 0 Å². The maximum absolute atomic E-state index is 12.6. The van der Waals surface area contributed by atoms with Gasteiger partial charge < -0.3 is 15.3 Å². The second kappa shape index (κ2) is 6.12. The summed E-state index contributed by atoms with van der Waals surface area (Å²) in [6, 6.07) is 0.412. The highest BCUT2D eigenvalue weighted by Crippen LogP contribution is 2.31. The van der Waals surface area contributed by atoms with E-state index in [9.17, 15) is 14.7 Å². The van der Waals surface area contributed by atoms with E-state index in [2.05, 4.69) is 19.2 Å². The summed E-state index contributed by atoms with van der Waals surface area (Å²) >= 11 is 0. The highest BCUT2D eigenvalue weighted by atomic mass is 16.3. The number of aliphatic hydroxyl groups is 1. The SMILES string of the molecule is CC(=O)N[C@@H]1CC[C@H](C(=O)N2[C@H](C)CC[C@@H]2C)C[C@H]1O. The van der Waals surface area contributed by atoms with Crippen molar-refractivity contribution in [2.45, 2.75) is 77.1 Å². The first kappa shape index (κ1) is 15.3. The molecule has 2 aliphatic rings. The van der Waals surface area contributed by atoms with Gasteiger partial charge in [-0.05, 0) is 46.0 Å². The van der Waals surface area contributed by atoms with E-state index in [-0.39, 0.29) is 23.8 Å². The second-order valence-corrected chi connectivity index (χ2v) is 6.41. The number of nitrogens with one attached hydrogen (secondary N) is 1. The van der Waals surface area contributed by atoms with Gasteiger partial charge in [-0.15, -0.1) is 0 Å². The average molecular weight is 282 g/mol. The Labute approximate surface area is 120 Å². The molecule has 0 aromatic rings. The predicted octanol–water partition coefficient (Wildman–Crippen LogP) is 1.05. The molecule has 5 heteroatoms. The summed E-state index contributed by atoms with van der Waals surface area (Å²) in [7, 11) is 0. The van der Waals surface area contributed by atoms with Crippen LogP contribution in [0.2, 0.25) is 0 Å². The van der Waals surface area contributed by atoms with Gasteiger partial charge in [0.1, 0.15) is 0 Å². The molecule has 2 rings (SSSR count). The summed E-state index contributed by atoms with van der Waals surface area (Å²) < 4.78 is 0. The third-order valence-electron chi connectivity index (χ3n) is 4.76. The van der Waals surface area contributed by atoms with Crippen LogP contribution in [0.3, 0.4) is 0 Å². The third kappa shape index (κ3) is 3.14. The van der Waals surface area contributed by atoms with Gasteiger partial charge >= 0.3 is 0 Å². The van der Waals surface area contributed by atoms with Crippen molar-refractivity contribution < 1.29 is 14.7 Å². The topological polar surface area (TPSA) is 69.6 Å². The molecule has 0 unspecified atom stereocenters. The van der Waals surface area contributed by atoms with Crippen LogP contribution in [-0.4, -0.2) is 46.1 Å². The molecule has 2 amide bonds. The summed E-state index contributed by atoms with van der Waals surface area (Å²) in [4.78, 5) is 25.7. The van der Waals surface area contributed by atoms with Crippen molar-refractivity contribution in [3.63, 3.8) is 0 Å². The number of hydrogen-bond donors (Lipinski definition) is 2. The summed E-state index contributed by atoms with van der Waals surface area (Å²) in [5.41, 5.74) is 0. The Balaban J connectivity index is 1.95. The lowest BCUT2D eigenvalue weighted by Crippen LogP contribution is -2.50. The normalized spacial score (nSPS) is 37.8. The van der Waals surface area contributed by atoms with Gasteiger partial charge in [0.15, 0.2) is 0 Å². The Morgan fingerprint density at radius 2 is 1.70 bits per heavy atom. The van der Waals surface area contributed by atoms with Gasteiger partial charge in [0.2, 0.25) is 11.8 Å². The van der Waals surface area contributed by atoms with Crippen molar-refractivity contribution in [1.29, 1.82) is 0 Å². The van der Waals surface area contributed by atoms with Crippen LogP contribution in [0.5, 0.6) is 0 Å². The monoisotopic (exact) mass is 282 g/mol. The number of carbonyl (C=O) groups is 2. The molecule has 114 valence electrons. The minimum atomic E-state index is -0.616. The highest BCUT2D eigenvalue weighted by molar-refractivity contribution is 5.80. The van der Waals surface area contributed by atoms with Crippen LogP contribution in [0.4, 0.5) is 0 Å². The molecule has 5 atom stereocenters. The van der Waals surface area contributed by atoms with E-state index in [1.165, 1.54) is 6.92 Å². The van der Waals surface area contributed by atoms with Crippen molar-refractivity contribution in [2.24, 2.45) is 5.92 Å². The van der Waals surface area contributed by atoms with Crippen LogP contribution in [0.1, 0.15) is 52.9 Å². The Hall–Kier alpha value is -1.10. The average Bonchev–Trinajstić information content (AvgIpc) is 2.70. The fraction of sp³-hybridized carbons (Fsp3) is 0.867. The van der Waals surface area contributed by atoms with Crippen LogP contribution in [-0.2, 0) is 9.59 Å². The molecular weight excluding hydrogens is 256 g/mol. The lowest BCUT2D eigenvalue weighted by molar-refractivity contribution is -0.140. The molecule has 0 aromatic heterocycles. The van der Waals surface area contributed by atoms with Crippen molar-refractivity contribution in [3.05, 3.63) is 0 Å². The Kier molecular flexibility index (Phi) is 4.68. The van der Waals surface area contributed by atoms with Gasteiger partial charge in [0.25, 0.3) is 0 Å². The van der Waals surface area contributed by atoms with Crippen LogP contribution >= 0.6 is 0 Å².